The van der Waals surface area contributed by atoms with Crippen LogP contribution in [0.3, 0.4) is 0 Å². The molecule has 22 heavy (non-hydrogen) atoms. The van der Waals surface area contributed by atoms with Gasteiger partial charge >= 0.3 is 0 Å². The lowest BCUT2D eigenvalue weighted by atomic mass is 9.83. The van der Waals surface area contributed by atoms with Gasteiger partial charge in [-0.2, -0.15) is 5.10 Å². The van der Waals surface area contributed by atoms with E-state index in [0.717, 1.165) is 18.9 Å². The Morgan fingerprint density at radius 1 is 1.18 bits per heavy atom. The minimum absolute atomic E-state index is 0.230. The first kappa shape index (κ1) is 14.3. The number of aryl methyl sites for hydroxylation is 1. The van der Waals surface area contributed by atoms with Gasteiger partial charge in [-0.25, -0.2) is 0 Å². The van der Waals surface area contributed by atoms with Crippen LogP contribution in [0.2, 0.25) is 0 Å². The first-order valence-electron chi connectivity index (χ1n) is 9.03. The zero-order chi connectivity index (χ0) is 15.1. The largest absolute Gasteiger partial charge is 0.339 e. The number of rotatable bonds is 3. The molecular weight excluding hydrogens is 274 g/mol. The fraction of sp³-hybridized carbons (Fsp3) is 0.778. The first-order chi connectivity index (χ1) is 10.7. The molecule has 4 rings (SSSR count). The minimum atomic E-state index is 0.230. The van der Waals surface area contributed by atoms with Gasteiger partial charge < -0.3 is 4.90 Å². The van der Waals surface area contributed by atoms with E-state index in [1.165, 1.54) is 50.5 Å². The van der Waals surface area contributed by atoms with Crippen LogP contribution in [0.1, 0.15) is 62.8 Å². The van der Waals surface area contributed by atoms with Gasteiger partial charge in [-0.15, -0.1) is 0 Å². The van der Waals surface area contributed by atoms with Gasteiger partial charge in [0, 0.05) is 31.7 Å². The van der Waals surface area contributed by atoms with Crippen LogP contribution in [-0.4, -0.2) is 33.2 Å². The molecule has 120 valence electrons. The van der Waals surface area contributed by atoms with Crippen LogP contribution >= 0.6 is 0 Å². The summed E-state index contributed by atoms with van der Waals surface area (Å²) in [6.45, 7) is 0.996. The number of hydrogen-bond acceptors (Lipinski definition) is 2. The van der Waals surface area contributed by atoms with E-state index in [4.69, 9.17) is 0 Å². The molecule has 1 aromatic heterocycles. The summed E-state index contributed by atoms with van der Waals surface area (Å²) < 4.78 is 1.84. The fourth-order valence-corrected chi connectivity index (χ4v) is 4.76. The number of aromatic nitrogens is 2. The summed E-state index contributed by atoms with van der Waals surface area (Å²) in [6, 6.07) is 0.544. The normalized spacial score (nSPS) is 32.4. The standard InChI is InChI=1S/C18H27N3O/c1-20-12-14(11-19-20)15-10-16(15)18(22)21-9-5-8-17(21)13-6-3-2-4-7-13/h11-13,15-17H,2-10H2,1H3/t15-,16+,17+/m0/s1. The van der Waals surface area contributed by atoms with Crippen molar-refractivity contribution in [2.45, 2.75) is 63.3 Å². The minimum Gasteiger partial charge on any atom is -0.339 e. The Labute approximate surface area is 132 Å². The predicted octanol–water partition coefficient (Wildman–Crippen LogP) is 3.09. The van der Waals surface area contributed by atoms with Gasteiger partial charge in [-0.3, -0.25) is 9.48 Å². The zero-order valence-corrected chi connectivity index (χ0v) is 13.6. The van der Waals surface area contributed by atoms with E-state index in [9.17, 15) is 4.79 Å². The average Bonchev–Trinajstić information content (AvgIpc) is 2.98. The van der Waals surface area contributed by atoms with Crippen molar-refractivity contribution in [1.29, 1.82) is 0 Å². The maximum Gasteiger partial charge on any atom is 0.226 e. The molecule has 0 radical (unpaired) electrons. The summed E-state index contributed by atoms with van der Waals surface area (Å²) in [7, 11) is 1.95. The molecule has 1 aromatic rings. The number of nitrogens with zero attached hydrogens (tertiary/aromatic N) is 3. The molecule has 1 amide bonds. The second-order valence-corrected chi connectivity index (χ2v) is 7.54. The monoisotopic (exact) mass is 301 g/mol. The lowest BCUT2D eigenvalue weighted by Gasteiger charge is -2.34. The summed E-state index contributed by atoms with van der Waals surface area (Å²) in [6.07, 6.45) is 14.3. The molecule has 4 nitrogen and oxygen atoms in total. The van der Waals surface area contributed by atoms with Crippen molar-refractivity contribution in [3.05, 3.63) is 18.0 Å². The first-order valence-corrected chi connectivity index (χ1v) is 9.03. The summed E-state index contributed by atoms with van der Waals surface area (Å²) in [5, 5.41) is 4.25. The van der Waals surface area contributed by atoms with E-state index in [2.05, 4.69) is 16.2 Å². The molecule has 1 saturated heterocycles. The molecule has 0 spiro atoms. The van der Waals surface area contributed by atoms with Crippen molar-refractivity contribution in [1.82, 2.24) is 14.7 Å². The van der Waals surface area contributed by atoms with E-state index in [1.807, 2.05) is 17.9 Å². The second-order valence-electron chi connectivity index (χ2n) is 7.54. The predicted molar refractivity (Wildman–Crippen MR) is 85.4 cm³/mol. The van der Waals surface area contributed by atoms with Gasteiger partial charge in [0.15, 0.2) is 0 Å². The van der Waals surface area contributed by atoms with Crippen molar-refractivity contribution in [3.63, 3.8) is 0 Å². The molecule has 1 aliphatic heterocycles. The molecule has 0 N–H and O–H groups in total. The quantitative estimate of drug-likeness (QED) is 0.860. The summed E-state index contributed by atoms with van der Waals surface area (Å²) in [5.74, 6) is 1.86. The summed E-state index contributed by atoms with van der Waals surface area (Å²) in [5.41, 5.74) is 1.24. The number of carbonyl (C=O) groups is 1. The third-order valence-electron chi connectivity index (χ3n) is 6.04. The Hall–Kier alpha value is -1.32. The maximum atomic E-state index is 12.9. The van der Waals surface area contributed by atoms with Crippen molar-refractivity contribution in [2.75, 3.05) is 6.54 Å². The van der Waals surface area contributed by atoms with Gasteiger partial charge in [0.2, 0.25) is 5.91 Å². The van der Waals surface area contributed by atoms with E-state index in [-0.39, 0.29) is 5.92 Å². The average molecular weight is 301 g/mol. The Balaban J connectivity index is 1.41. The van der Waals surface area contributed by atoms with Gasteiger partial charge in [0.05, 0.1) is 6.20 Å². The maximum absolute atomic E-state index is 12.9. The zero-order valence-electron chi connectivity index (χ0n) is 13.6. The molecule has 3 fully saturated rings. The topological polar surface area (TPSA) is 38.1 Å². The Bertz CT molecular complexity index is 546. The molecule has 2 heterocycles. The van der Waals surface area contributed by atoms with E-state index in [1.54, 1.807) is 0 Å². The van der Waals surface area contributed by atoms with E-state index < -0.39 is 0 Å². The van der Waals surface area contributed by atoms with Crippen LogP contribution in [-0.2, 0) is 11.8 Å². The third kappa shape index (κ3) is 2.57. The number of likely N-dealkylation sites (tertiary alicyclic amines) is 1. The molecular formula is C18H27N3O. The molecule has 2 saturated carbocycles. The Morgan fingerprint density at radius 2 is 2.00 bits per heavy atom. The van der Waals surface area contributed by atoms with Crippen LogP contribution in [0.4, 0.5) is 0 Å². The molecule has 4 heteroatoms. The smallest absolute Gasteiger partial charge is 0.226 e. The molecule has 0 bridgehead atoms. The fourth-order valence-electron chi connectivity index (χ4n) is 4.76. The molecule has 3 atom stereocenters. The summed E-state index contributed by atoms with van der Waals surface area (Å²) in [4.78, 5) is 15.2. The number of hydrogen-bond donors (Lipinski definition) is 0. The van der Waals surface area contributed by atoms with Crippen LogP contribution in [0, 0.1) is 11.8 Å². The van der Waals surface area contributed by atoms with E-state index in [0.29, 0.717) is 17.9 Å². The highest BCUT2D eigenvalue weighted by Crippen LogP contribution is 2.49. The molecule has 2 aliphatic carbocycles. The van der Waals surface area contributed by atoms with Crippen LogP contribution < -0.4 is 0 Å². The highest BCUT2D eigenvalue weighted by atomic mass is 16.2. The van der Waals surface area contributed by atoms with Gasteiger partial charge in [-0.1, -0.05) is 19.3 Å². The van der Waals surface area contributed by atoms with Crippen molar-refractivity contribution in [2.24, 2.45) is 18.9 Å². The Kier molecular flexibility index (Phi) is 3.71. The second kappa shape index (κ2) is 5.71. The van der Waals surface area contributed by atoms with Crippen LogP contribution in [0.5, 0.6) is 0 Å². The Morgan fingerprint density at radius 3 is 2.73 bits per heavy atom. The third-order valence-corrected chi connectivity index (χ3v) is 6.04. The lowest BCUT2D eigenvalue weighted by Crippen LogP contribution is -2.41. The molecule has 0 unspecified atom stereocenters. The van der Waals surface area contributed by atoms with Crippen molar-refractivity contribution >= 4 is 5.91 Å². The lowest BCUT2D eigenvalue weighted by molar-refractivity contribution is -0.134. The van der Waals surface area contributed by atoms with Crippen molar-refractivity contribution in [3.8, 4) is 0 Å². The molecule has 0 aromatic carbocycles. The van der Waals surface area contributed by atoms with Crippen molar-refractivity contribution < 1.29 is 4.79 Å². The number of carbonyl (C=O) groups excluding carboxylic acids is 1. The van der Waals surface area contributed by atoms with Gasteiger partial charge in [-0.05, 0) is 49.5 Å². The van der Waals surface area contributed by atoms with Crippen LogP contribution in [0.25, 0.3) is 0 Å². The SMILES string of the molecule is Cn1cc([C@@H]2C[C@H]2C(=O)N2CCC[C@@H]2C2CCCCC2)cn1. The van der Waals surface area contributed by atoms with Gasteiger partial charge in [0.1, 0.15) is 0 Å². The van der Waals surface area contributed by atoms with Gasteiger partial charge in [0.25, 0.3) is 0 Å². The summed E-state index contributed by atoms with van der Waals surface area (Å²) >= 11 is 0. The van der Waals surface area contributed by atoms with Crippen LogP contribution in [0.15, 0.2) is 12.4 Å². The van der Waals surface area contributed by atoms with E-state index >= 15 is 0 Å². The highest BCUT2D eigenvalue weighted by Gasteiger charge is 2.48. The molecule has 3 aliphatic rings. The highest BCUT2D eigenvalue weighted by molar-refractivity contribution is 5.83. The number of amides is 1.